The van der Waals surface area contributed by atoms with Gasteiger partial charge in [0.1, 0.15) is 6.10 Å². The second-order valence-corrected chi connectivity index (χ2v) is 7.11. The largest absolute Gasteiger partial charge is 0.461 e. The summed E-state index contributed by atoms with van der Waals surface area (Å²) in [5.41, 5.74) is 3.30. The van der Waals surface area contributed by atoms with Crippen molar-refractivity contribution < 1.29 is 9.53 Å². The Kier molecular flexibility index (Phi) is 3.33. The van der Waals surface area contributed by atoms with Gasteiger partial charge in [0, 0.05) is 17.8 Å². The smallest absolute Gasteiger partial charge is 0.302 e. The van der Waals surface area contributed by atoms with E-state index in [1.807, 2.05) is 0 Å². The van der Waals surface area contributed by atoms with Gasteiger partial charge < -0.3 is 4.74 Å². The van der Waals surface area contributed by atoms with Crippen molar-refractivity contribution in [1.82, 2.24) is 0 Å². The number of rotatable bonds is 1. The summed E-state index contributed by atoms with van der Waals surface area (Å²) in [5.74, 6) is -0.128. The Balaban J connectivity index is 2.30. The zero-order valence-electron chi connectivity index (χ0n) is 12.4. The molecule has 2 heteroatoms. The lowest BCUT2D eigenvalue weighted by Gasteiger charge is -2.50. The Morgan fingerprint density at radius 3 is 2.22 bits per heavy atom. The number of allylic oxidation sites excluding steroid dienone is 2. The quantitative estimate of drug-likeness (QED) is 0.514. The van der Waals surface area contributed by atoms with Crippen LogP contribution in [0.15, 0.2) is 11.1 Å². The van der Waals surface area contributed by atoms with Crippen molar-refractivity contribution in [1.29, 1.82) is 0 Å². The van der Waals surface area contributed by atoms with E-state index in [9.17, 15) is 4.79 Å². The maximum Gasteiger partial charge on any atom is 0.302 e. The predicted molar refractivity (Wildman–Crippen MR) is 73.2 cm³/mol. The molecule has 0 bridgehead atoms. The summed E-state index contributed by atoms with van der Waals surface area (Å²) in [6.45, 7) is 10.5. The van der Waals surface area contributed by atoms with Crippen LogP contribution in [0, 0.1) is 10.8 Å². The highest BCUT2D eigenvalue weighted by Crippen LogP contribution is 2.57. The summed E-state index contributed by atoms with van der Waals surface area (Å²) in [7, 11) is 0. The first kappa shape index (κ1) is 13.6. The molecule has 0 radical (unpaired) electrons. The third kappa shape index (κ3) is 2.22. The molecule has 0 amide bonds. The Hall–Kier alpha value is -0.790. The molecule has 1 spiro atoms. The molecule has 2 rings (SSSR count). The average molecular weight is 250 g/mol. The molecule has 2 nitrogen and oxygen atoms in total. The van der Waals surface area contributed by atoms with E-state index in [0.29, 0.717) is 0 Å². The van der Waals surface area contributed by atoms with E-state index in [4.69, 9.17) is 4.74 Å². The first-order valence-electron chi connectivity index (χ1n) is 7.09. The highest BCUT2D eigenvalue weighted by molar-refractivity contribution is 5.66. The van der Waals surface area contributed by atoms with Gasteiger partial charge in [0.05, 0.1) is 0 Å². The van der Waals surface area contributed by atoms with Gasteiger partial charge in [0.15, 0.2) is 0 Å². The van der Waals surface area contributed by atoms with Crippen molar-refractivity contribution in [2.45, 2.75) is 72.8 Å². The van der Waals surface area contributed by atoms with E-state index >= 15 is 0 Å². The summed E-state index contributed by atoms with van der Waals surface area (Å²) in [6, 6.07) is 0. The van der Waals surface area contributed by atoms with Gasteiger partial charge in [-0.25, -0.2) is 0 Å². The van der Waals surface area contributed by atoms with E-state index in [1.54, 1.807) is 6.92 Å². The van der Waals surface area contributed by atoms with Crippen molar-refractivity contribution in [3.63, 3.8) is 0 Å². The van der Waals surface area contributed by atoms with Gasteiger partial charge in [-0.3, -0.25) is 4.79 Å². The first-order valence-corrected chi connectivity index (χ1v) is 7.09. The van der Waals surface area contributed by atoms with Gasteiger partial charge in [0.2, 0.25) is 0 Å². The summed E-state index contributed by atoms with van der Waals surface area (Å²) in [5, 5.41) is 0. The lowest BCUT2D eigenvalue weighted by atomic mass is 9.59. The third-order valence-corrected chi connectivity index (χ3v) is 5.01. The van der Waals surface area contributed by atoms with Crippen LogP contribution in [-0.2, 0) is 9.53 Å². The van der Waals surface area contributed by atoms with Crippen molar-refractivity contribution in [3.8, 4) is 0 Å². The summed E-state index contributed by atoms with van der Waals surface area (Å²) in [4.78, 5) is 11.5. The zero-order valence-corrected chi connectivity index (χ0v) is 12.4. The minimum absolute atomic E-state index is 0.0728. The van der Waals surface area contributed by atoms with Crippen LogP contribution >= 0.6 is 0 Å². The van der Waals surface area contributed by atoms with E-state index < -0.39 is 0 Å². The van der Waals surface area contributed by atoms with Crippen LogP contribution in [-0.4, -0.2) is 12.1 Å². The maximum atomic E-state index is 11.5. The van der Waals surface area contributed by atoms with Gasteiger partial charge in [0.25, 0.3) is 0 Å². The van der Waals surface area contributed by atoms with Gasteiger partial charge in [-0.2, -0.15) is 0 Å². The van der Waals surface area contributed by atoms with E-state index in [-0.39, 0.29) is 22.9 Å². The van der Waals surface area contributed by atoms with Crippen LogP contribution in [0.3, 0.4) is 0 Å². The summed E-state index contributed by atoms with van der Waals surface area (Å²) in [6.07, 6.45) is 5.91. The highest BCUT2D eigenvalue weighted by Gasteiger charge is 2.53. The molecule has 1 atom stereocenters. The number of carbonyl (C=O) groups excluding carboxylic acids is 1. The first-order chi connectivity index (χ1) is 8.27. The van der Waals surface area contributed by atoms with Crippen LogP contribution < -0.4 is 0 Å². The molecule has 0 heterocycles. The minimum Gasteiger partial charge on any atom is -0.461 e. The number of hydrogen-bond donors (Lipinski definition) is 0. The zero-order chi connectivity index (χ0) is 13.6. The molecule has 0 aliphatic heterocycles. The highest BCUT2D eigenvalue weighted by atomic mass is 16.5. The van der Waals surface area contributed by atoms with E-state index in [2.05, 4.69) is 27.7 Å². The maximum absolute atomic E-state index is 11.5. The topological polar surface area (TPSA) is 26.3 Å². The molecular formula is C16H26O2. The number of esters is 1. The average Bonchev–Trinajstić information content (AvgIpc) is 2.49. The standard InChI is InChI=1S/C16H26O2/c1-11-9-16(10-12(11)2)8-6-7-15(4,5)14(16)18-13(3)17/h14H,6-10H2,1-5H3. The Morgan fingerprint density at radius 1 is 1.17 bits per heavy atom. The van der Waals surface area contributed by atoms with Crippen molar-refractivity contribution >= 4 is 5.97 Å². The van der Waals surface area contributed by atoms with Crippen LogP contribution in [0.5, 0.6) is 0 Å². The van der Waals surface area contributed by atoms with Gasteiger partial charge >= 0.3 is 5.97 Å². The van der Waals surface area contributed by atoms with E-state index in [0.717, 1.165) is 19.3 Å². The molecule has 0 saturated heterocycles. The number of ether oxygens (including phenoxy) is 1. The second-order valence-electron chi connectivity index (χ2n) is 7.11. The van der Waals surface area contributed by atoms with E-state index in [1.165, 1.54) is 24.0 Å². The molecule has 0 aromatic rings. The minimum atomic E-state index is -0.128. The van der Waals surface area contributed by atoms with Crippen LogP contribution in [0.2, 0.25) is 0 Å². The van der Waals surface area contributed by atoms with Crippen molar-refractivity contribution in [2.24, 2.45) is 10.8 Å². The molecule has 0 aromatic carbocycles. The van der Waals surface area contributed by atoms with Gasteiger partial charge in [-0.1, -0.05) is 31.4 Å². The Bertz CT molecular complexity index is 376. The number of carbonyl (C=O) groups is 1. The van der Waals surface area contributed by atoms with Gasteiger partial charge in [-0.15, -0.1) is 0 Å². The third-order valence-electron chi connectivity index (χ3n) is 5.01. The van der Waals surface area contributed by atoms with Crippen LogP contribution in [0.1, 0.15) is 66.7 Å². The molecule has 1 unspecified atom stereocenters. The SMILES string of the molecule is CC(=O)OC1C(C)(C)CCCC12CC(C)=C(C)C2. The fraction of sp³-hybridized carbons (Fsp3) is 0.812. The molecule has 1 fully saturated rings. The molecule has 2 aliphatic carbocycles. The second kappa shape index (κ2) is 4.40. The molecule has 0 N–H and O–H groups in total. The molecule has 2 aliphatic rings. The molecule has 0 aromatic heterocycles. The Labute approximate surface area is 111 Å². The fourth-order valence-electron chi connectivity index (χ4n) is 4.22. The van der Waals surface area contributed by atoms with Crippen molar-refractivity contribution in [3.05, 3.63) is 11.1 Å². The predicted octanol–water partition coefficient (Wildman–Crippen LogP) is 4.24. The summed E-state index contributed by atoms with van der Waals surface area (Å²) < 4.78 is 5.78. The van der Waals surface area contributed by atoms with Crippen LogP contribution in [0.25, 0.3) is 0 Å². The molecule has 18 heavy (non-hydrogen) atoms. The molecule has 1 saturated carbocycles. The monoisotopic (exact) mass is 250 g/mol. The van der Waals surface area contributed by atoms with Crippen molar-refractivity contribution in [2.75, 3.05) is 0 Å². The molecular weight excluding hydrogens is 224 g/mol. The van der Waals surface area contributed by atoms with Gasteiger partial charge in [-0.05, 0) is 39.5 Å². The van der Waals surface area contributed by atoms with Crippen LogP contribution in [0.4, 0.5) is 0 Å². The fourth-order valence-corrected chi connectivity index (χ4v) is 4.22. The molecule has 102 valence electrons. The lowest BCUT2D eigenvalue weighted by molar-refractivity contribution is -0.172. The summed E-state index contributed by atoms with van der Waals surface area (Å²) >= 11 is 0. The lowest BCUT2D eigenvalue weighted by Crippen LogP contribution is -2.49. The number of hydrogen-bond acceptors (Lipinski definition) is 2. The normalized spacial score (nSPS) is 29.7. The Morgan fingerprint density at radius 2 is 1.72 bits per heavy atom.